The molecule has 0 bridgehead atoms. The fourth-order valence-corrected chi connectivity index (χ4v) is 7.11. The number of benzene rings is 2. The zero-order chi connectivity index (χ0) is 26.2. The van der Waals surface area contributed by atoms with Crippen molar-refractivity contribution < 1.29 is 32.6 Å². The summed E-state index contributed by atoms with van der Waals surface area (Å²) >= 11 is 1.05. The number of carboxylic acid groups (broad SMARTS) is 1. The summed E-state index contributed by atoms with van der Waals surface area (Å²) in [6, 6.07) is 11.9. The van der Waals surface area contributed by atoms with Gasteiger partial charge in [-0.2, -0.15) is 4.98 Å². The van der Waals surface area contributed by atoms with E-state index in [1.54, 1.807) is 42.5 Å². The molecule has 0 radical (unpaired) electrons. The molecule has 0 aliphatic carbocycles. The minimum atomic E-state index is -3.71. The van der Waals surface area contributed by atoms with E-state index < -0.39 is 21.9 Å². The van der Waals surface area contributed by atoms with Crippen LogP contribution in [0.3, 0.4) is 0 Å². The standard InChI is InChI=1S/C25H25N3O7S2/c1-28-18-4-2-3-5-20(18)37(32,33)21-7-6-16(13-19(21)28)17(12-15-8-10-34-11-9-15)23(29)27-24-26-22(14-36-24)35-25(30)31/h2-7,13-15,17H,8-12H2,1H3,(H,30,31)(H,26,27,29). The zero-order valence-electron chi connectivity index (χ0n) is 19.9. The number of nitrogens with zero attached hydrogens (tertiary/aromatic N) is 2. The van der Waals surface area contributed by atoms with Crippen LogP contribution in [0.2, 0.25) is 0 Å². The van der Waals surface area contributed by atoms with E-state index in [9.17, 15) is 18.0 Å². The number of anilines is 3. The molecule has 0 spiro atoms. The van der Waals surface area contributed by atoms with E-state index in [-0.39, 0.29) is 32.6 Å². The molecule has 0 saturated carbocycles. The number of para-hydroxylation sites is 1. The Kier molecular flexibility index (Phi) is 6.88. The van der Waals surface area contributed by atoms with Crippen molar-refractivity contribution in [3.63, 3.8) is 0 Å². The van der Waals surface area contributed by atoms with Gasteiger partial charge < -0.3 is 24.8 Å². The predicted octanol–water partition coefficient (Wildman–Crippen LogP) is 4.65. The molecule has 37 heavy (non-hydrogen) atoms. The van der Waals surface area contributed by atoms with Gasteiger partial charge in [0.1, 0.15) is 0 Å². The van der Waals surface area contributed by atoms with Gasteiger partial charge >= 0.3 is 6.16 Å². The van der Waals surface area contributed by atoms with Crippen LogP contribution in [0, 0.1) is 5.92 Å². The van der Waals surface area contributed by atoms with E-state index in [0.29, 0.717) is 36.6 Å². The number of fused-ring (bicyclic) bond motifs is 2. The van der Waals surface area contributed by atoms with Gasteiger partial charge in [-0.25, -0.2) is 13.2 Å². The summed E-state index contributed by atoms with van der Waals surface area (Å²) in [4.78, 5) is 30.6. The van der Waals surface area contributed by atoms with Crippen molar-refractivity contribution >= 4 is 49.7 Å². The maximum Gasteiger partial charge on any atom is 0.512 e. The van der Waals surface area contributed by atoms with Gasteiger partial charge in [-0.1, -0.05) is 18.2 Å². The highest BCUT2D eigenvalue weighted by atomic mass is 32.2. The molecule has 194 valence electrons. The Morgan fingerprint density at radius 3 is 2.68 bits per heavy atom. The van der Waals surface area contributed by atoms with Gasteiger partial charge in [0.2, 0.25) is 21.6 Å². The number of nitrogens with one attached hydrogen (secondary N) is 1. The highest BCUT2D eigenvalue weighted by molar-refractivity contribution is 7.92. The summed E-state index contributed by atoms with van der Waals surface area (Å²) in [5.74, 6) is -0.767. The molecule has 1 atom stereocenters. The normalized spacial score (nSPS) is 17.4. The molecular weight excluding hydrogens is 518 g/mol. The molecule has 1 fully saturated rings. The van der Waals surface area contributed by atoms with Crippen LogP contribution in [0.15, 0.2) is 57.6 Å². The smallest absolute Gasteiger partial charge is 0.449 e. The van der Waals surface area contributed by atoms with Crippen LogP contribution in [0.4, 0.5) is 21.3 Å². The minimum absolute atomic E-state index is 0.118. The van der Waals surface area contributed by atoms with Gasteiger partial charge in [0, 0.05) is 20.3 Å². The van der Waals surface area contributed by atoms with Gasteiger partial charge in [0.05, 0.1) is 32.5 Å². The number of thiazole rings is 1. The van der Waals surface area contributed by atoms with Crippen LogP contribution in [-0.4, -0.2) is 50.8 Å². The molecule has 5 rings (SSSR count). The largest absolute Gasteiger partial charge is 0.512 e. The molecule has 2 aliphatic rings. The topological polar surface area (TPSA) is 135 Å². The van der Waals surface area contributed by atoms with Gasteiger partial charge in [0.15, 0.2) is 5.13 Å². The Bertz CT molecular complexity index is 1450. The first-order valence-corrected chi connectivity index (χ1v) is 14.1. The predicted molar refractivity (Wildman–Crippen MR) is 137 cm³/mol. The van der Waals surface area contributed by atoms with Crippen molar-refractivity contribution in [3.05, 3.63) is 53.4 Å². The second kappa shape index (κ2) is 10.1. The van der Waals surface area contributed by atoms with Crippen molar-refractivity contribution in [1.29, 1.82) is 0 Å². The van der Waals surface area contributed by atoms with Crippen LogP contribution >= 0.6 is 11.3 Å². The number of rotatable bonds is 6. The lowest BCUT2D eigenvalue weighted by Crippen LogP contribution is -2.27. The summed E-state index contributed by atoms with van der Waals surface area (Å²) in [7, 11) is -1.90. The fourth-order valence-electron chi connectivity index (χ4n) is 4.81. The van der Waals surface area contributed by atoms with Crippen LogP contribution < -0.4 is 15.0 Å². The molecule has 1 aromatic heterocycles. The van der Waals surface area contributed by atoms with Crippen molar-refractivity contribution in [2.45, 2.75) is 35.0 Å². The van der Waals surface area contributed by atoms with Crippen LogP contribution in [-0.2, 0) is 19.4 Å². The van der Waals surface area contributed by atoms with Crippen LogP contribution in [0.5, 0.6) is 5.88 Å². The summed E-state index contributed by atoms with van der Waals surface area (Å²) in [6.07, 6.45) is 0.703. The average Bonchev–Trinajstić information content (AvgIpc) is 3.32. The molecule has 2 N–H and O–H groups in total. The first kappa shape index (κ1) is 25.2. The number of sulfone groups is 1. The Morgan fingerprint density at radius 1 is 1.19 bits per heavy atom. The van der Waals surface area contributed by atoms with Crippen molar-refractivity contribution in [3.8, 4) is 5.88 Å². The van der Waals surface area contributed by atoms with E-state index in [1.807, 2.05) is 11.9 Å². The molecule has 2 aliphatic heterocycles. The lowest BCUT2D eigenvalue weighted by molar-refractivity contribution is -0.118. The fraction of sp³-hybridized carbons (Fsp3) is 0.320. The molecule has 1 saturated heterocycles. The molecule has 1 amide bonds. The third kappa shape index (κ3) is 5.04. The van der Waals surface area contributed by atoms with E-state index in [4.69, 9.17) is 9.84 Å². The second-order valence-electron chi connectivity index (χ2n) is 8.95. The first-order valence-electron chi connectivity index (χ1n) is 11.7. The van der Waals surface area contributed by atoms with Gasteiger partial charge in [-0.15, -0.1) is 11.3 Å². The van der Waals surface area contributed by atoms with Crippen LogP contribution in [0.1, 0.15) is 30.7 Å². The minimum Gasteiger partial charge on any atom is -0.449 e. The molecule has 1 unspecified atom stereocenters. The summed E-state index contributed by atoms with van der Waals surface area (Å²) in [5.41, 5.74) is 1.77. The number of aromatic nitrogens is 1. The summed E-state index contributed by atoms with van der Waals surface area (Å²) in [5, 5.41) is 13.2. The second-order valence-corrected chi connectivity index (χ2v) is 11.7. The van der Waals surface area contributed by atoms with Gasteiger partial charge in [0.25, 0.3) is 0 Å². The average molecular weight is 544 g/mol. The van der Waals surface area contributed by atoms with Crippen molar-refractivity contribution in [2.75, 3.05) is 30.5 Å². The van der Waals surface area contributed by atoms with Gasteiger partial charge in [-0.3, -0.25) is 4.79 Å². The monoisotopic (exact) mass is 543 g/mol. The quantitative estimate of drug-likeness (QED) is 0.426. The Labute approximate surface area is 217 Å². The zero-order valence-corrected chi connectivity index (χ0v) is 21.5. The third-order valence-corrected chi connectivity index (χ3v) is 9.27. The maximum absolute atomic E-state index is 13.5. The van der Waals surface area contributed by atoms with Crippen molar-refractivity contribution in [2.24, 2.45) is 5.92 Å². The number of ether oxygens (including phenoxy) is 2. The molecule has 10 nitrogen and oxygen atoms in total. The highest BCUT2D eigenvalue weighted by Gasteiger charge is 2.34. The number of hydrogen-bond donors (Lipinski definition) is 2. The molecule has 3 aromatic rings. The number of carbonyl (C=O) groups is 2. The third-order valence-electron chi connectivity index (χ3n) is 6.68. The van der Waals surface area contributed by atoms with E-state index in [1.165, 1.54) is 5.38 Å². The number of amides is 1. The number of hydrogen-bond acceptors (Lipinski definition) is 9. The molecule has 12 heteroatoms. The Balaban J connectivity index is 1.48. The molecule has 3 heterocycles. The van der Waals surface area contributed by atoms with Crippen LogP contribution in [0.25, 0.3) is 0 Å². The summed E-state index contributed by atoms with van der Waals surface area (Å²) in [6.45, 7) is 1.26. The number of carbonyl (C=O) groups excluding carboxylic acids is 1. The van der Waals surface area contributed by atoms with Gasteiger partial charge in [-0.05, 0) is 55.0 Å². The highest BCUT2D eigenvalue weighted by Crippen LogP contribution is 2.44. The maximum atomic E-state index is 13.5. The lowest BCUT2D eigenvalue weighted by atomic mass is 9.84. The summed E-state index contributed by atoms with van der Waals surface area (Å²) < 4.78 is 36.7. The van der Waals surface area contributed by atoms with E-state index in [0.717, 1.165) is 24.2 Å². The molecule has 2 aromatic carbocycles. The Morgan fingerprint density at radius 2 is 1.92 bits per heavy atom. The van der Waals surface area contributed by atoms with Crippen molar-refractivity contribution in [1.82, 2.24) is 4.98 Å². The Hall–Kier alpha value is -3.48. The molecular formula is C25H25N3O7S2. The lowest BCUT2D eigenvalue weighted by Gasteiger charge is -2.31. The van der Waals surface area contributed by atoms with E-state index >= 15 is 0 Å². The van der Waals surface area contributed by atoms with E-state index in [2.05, 4.69) is 15.0 Å². The SMILES string of the molecule is CN1c2ccccc2S(=O)(=O)c2ccc(C(CC3CCOCC3)C(=O)Nc3nc(OC(=O)O)cs3)cc21. The first-order chi connectivity index (χ1) is 17.7.